The highest BCUT2D eigenvalue weighted by Gasteiger charge is 2.10. The first-order chi connectivity index (χ1) is 11.7. The van der Waals surface area contributed by atoms with E-state index in [0.717, 1.165) is 30.3 Å². The molecule has 0 spiro atoms. The molecule has 0 unspecified atom stereocenters. The number of ether oxygens (including phenoxy) is 1. The van der Waals surface area contributed by atoms with Crippen molar-refractivity contribution in [3.8, 4) is 0 Å². The molecule has 1 aliphatic heterocycles. The number of hydrogen-bond donors (Lipinski definition) is 1. The molecule has 1 fully saturated rings. The number of aromatic nitrogens is 4. The number of rotatable bonds is 7. The first-order valence-corrected chi connectivity index (χ1v) is 8.58. The van der Waals surface area contributed by atoms with Crippen LogP contribution in [0, 0.1) is 6.92 Å². The SMILES string of the molecule is COCc1nc(C)cc(Nc2cnn(CCN3CCCCC3)c2)n1. The van der Waals surface area contributed by atoms with Crippen molar-refractivity contribution in [3.63, 3.8) is 0 Å². The Balaban J connectivity index is 1.57. The van der Waals surface area contributed by atoms with E-state index in [1.54, 1.807) is 7.11 Å². The number of methoxy groups -OCH3 is 1. The van der Waals surface area contributed by atoms with E-state index in [4.69, 9.17) is 4.74 Å². The zero-order valence-corrected chi connectivity index (χ0v) is 14.5. The average Bonchev–Trinajstić information content (AvgIpc) is 3.01. The Morgan fingerprint density at radius 1 is 1.17 bits per heavy atom. The molecule has 1 saturated heterocycles. The van der Waals surface area contributed by atoms with E-state index in [1.165, 1.54) is 32.4 Å². The Morgan fingerprint density at radius 3 is 2.79 bits per heavy atom. The monoisotopic (exact) mass is 330 g/mol. The Morgan fingerprint density at radius 2 is 2.00 bits per heavy atom. The van der Waals surface area contributed by atoms with Crippen molar-refractivity contribution >= 4 is 11.5 Å². The molecule has 24 heavy (non-hydrogen) atoms. The van der Waals surface area contributed by atoms with Gasteiger partial charge in [-0.2, -0.15) is 5.10 Å². The van der Waals surface area contributed by atoms with E-state index in [0.29, 0.717) is 12.4 Å². The highest BCUT2D eigenvalue weighted by molar-refractivity contribution is 5.54. The van der Waals surface area contributed by atoms with Crippen molar-refractivity contribution in [2.24, 2.45) is 0 Å². The minimum absolute atomic E-state index is 0.408. The fourth-order valence-electron chi connectivity index (χ4n) is 3.01. The van der Waals surface area contributed by atoms with E-state index in [9.17, 15) is 0 Å². The van der Waals surface area contributed by atoms with Crippen LogP contribution in [0.4, 0.5) is 11.5 Å². The Hall–Kier alpha value is -1.99. The second-order valence-corrected chi connectivity index (χ2v) is 6.26. The first-order valence-electron chi connectivity index (χ1n) is 8.58. The lowest BCUT2D eigenvalue weighted by atomic mass is 10.1. The summed E-state index contributed by atoms with van der Waals surface area (Å²) >= 11 is 0. The van der Waals surface area contributed by atoms with Crippen LogP contribution in [0.25, 0.3) is 0 Å². The molecule has 3 rings (SSSR count). The van der Waals surface area contributed by atoms with E-state index >= 15 is 0 Å². The van der Waals surface area contributed by atoms with Crippen LogP contribution in [0.15, 0.2) is 18.5 Å². The number of nitrogens with zero attached hydrogens (tertiary/aromatic N) is 5. The van der Waals surface area contributed by atoms with Crippen LogP contribution < -0.4 is 5.32 Å². The zero-order chi connectivity index (χ0) is 16.8. The molecule has 0 aromatic carbocycles. The van der Waals surface area contributed by atoms with Crippen LogP contribution in [0.2, 0.25) is 0 Å². The molecule has 0 aliphatic carbocycles. The quantitative estimate of drug-likeness (QED) is 0.840. The smallest absolute Gasteiger partial charge is 0.156 e. The van der Waals surface area contributed by atoms with Crippen molar-refractivity contribution < 1.29 is 4.74 Å². The van der Waals surface area contributed by atoms with E-state index in [2.05, 4.69) is 25.3 Å². The minimum atomic E-state index is 0.408. The second kappa shape index (κ2) is 8.21. The van der Waals surface area contributed by atoms with Gasteiger partial charge < -0.3 is 15.0 Å². The third-order valence-electron chi connectivity index (χ3n) is 4.17. The fourth-order valence-corrected chi connectivity index (χ4v) is 3.01. The molecule has 7 nitrogen and oxygen atoms in total. The third-order valence-corrected chi connectivity index (χ3v) is 4.17. The summed E-state index contributed by atoms with van der Waals surface area (Å²) in [5, 5.41) is 7.74. The third kappa shape index (κ3) is 4.75. The van der Waals surface area contributed by atoms with Gasteiger partial charge in [0.15, 0.2) is 5.82 Å². The van der Waals surface area contributed by atoms with E-state index < -0.39 is 0 Å². The van der Waals surface area contributed by atoms with Gasteiger partial charge in [-0.15, -0.1) is 0 Å². The van der Waals surface area contributed by atoms with Gasteiger partial charge in [-0.1, -0.05) is 6.42 Å². The van der Waals surface area contributed by atoms with Crippen LogP contribution in [0.5, 0.6) is 0 Å². The van der Waals surface area contributed by atoms with Crippen molar-refractivity contribution in [2.75, 3.05) is 32.1 Å². The number of piperidine rings is 1. The molecule has 1 N–H and O–H groups in total. The molecule has 7 heteroatoms. The summed E-state index contributed by atoms with van der Waals surface area (Å²) in [5.74, 6) is 1.45. The number of likely N-dealkylation sites (tertiary alicyclic amines) is 1. The maximum atomic E-state index is 5.11. The Kier molecular flexibility index (Phi) is 5.77. The predicted octanol–water partition coefficient (Wildman–Crippen LogP) is 2.36. The molecule has 0 radical (unpaired) electrons. The fraction of sp³-hybridized carbons (Fsp3) is 0.588. The van der Waals surface area contributed by atoms with Gasteiger partial charge in [0.25, 0.3) is 0 Å². The van der Waals surface area contributed by atoms with Crippen LogP contribution in [-0.4, -0.2) is 51.4 Å². The summed E-state index contributed by atoms with van der Waals surface area (Å²) in [7, 11) is 1.64. The summed E-state index contributed by atoms with van der Waals surface area (Å²) in [5.41, 5.74) is 1.85. The molecule has 130 valence electrons. The normalized spacial score (nSPS) is 15.6. The van der Waals surface area contributed by atoms with Gasteiger partial charge in [0.1, 0.15) is 12.4 Å². The summed E-state index contributed by atoms with van der Waals surface area (Å²) in [6.45, 7) is 6.77. The maximum Gasteiger partial charge on any atom is 0.156 e. The summed E-state index contributed by atoms with van der Waals surface area (Å²) < 4.78 is 7.10. The van der Waals surface area contributed by atoms with Crippen LogP contribution in [0.3, 0.4) is 0 Å². The summed E-state index contributed by atoms with van der Waals surface area (Å²) in [6, 6.07) is 1.92. The van der Waals surface area contributed by atoms with Gasteiger partial charge in [-0.3, -0.25) is 4.68 Å². The molecule has 0 saturated carbocycles. The highest BCUT2D eigenvalue weighted by Crippen LogP contribution is 2.15. The molecule has 2 aromatic heterocycles. The number of hydrogen-bond acceptors (Lipinski definition) is 6. The molecule has 2 aromatic rings. The van der Waals surface area contributed by atoms with Gasteiger partial charge in [-0.25, -0.2) is 9.97 Å². The average molecular weight is 330 g/mol. The van der Waals surface area contributed by atoms with Gasteiger partial charge in [0.05, 0.1) is 18.4 Å². The minimum Gasteiger partial charge on any atom is -0.377 e. The first kappa shape index (κ1) is 16.9. The summed E-state index contributed by atoms with van der Waals surface area (Å²) in [6.07, 6.45) is 7.88. The number of aryl methyl sites for hydroxylation is 1. The van der Waals surface area contributed by atoms with Crippen molar-refractivity contribution in [2.45, 2.75) is 39.3 Å². The predicted molar refractivity (Wildman–Crippen MR) is 93.3 cm³/mol. The van der Waals surface area contributed by atoms with Gasteiger partial charge >= 0.3 is 0 Å². The molecular weight excluding hydrogens is 304 g/mol. The molecular formula is C17H26N6O. The van der Waals surface area contributed by atoms with E-state index in [1.807, 2.05) is 30.1 Å². The molecule has 0 atom stereocenters. The standard InChI is InChI=1S/C17H26N6O/c1-14-10-16(21-17(19-14)13-24-2)20-15-11-18-23(12-15)9-8-22-6-4-3-5-7-22/h10-12H,3-9,13H2,1-2H3,(H,19,20,21). The summed E-state index contributed by atoms with van der Waals surface area (Å²) in [4.78, 5) is 11.3. The molecule has 0 amide bonds. The zero-order valence-electron chi connectivity index (χ0n) is 14.5. The van der Waals surface area contributed by atoms with Gasteiger partial charge in [-0.05, 0) is 32.9 Å². The van der Waals surface area contributed by atoms with Crippen molar-refractivity contribution in [3.05, 3.63) is 30.0 Å². The van der Waals surface area contributed by atoms with Crippen molar-refractivity contribution in [1.29, 1.82) is 0 Å². The largest absolute Gasteiger partial charge is 0.377 e. The van der Waals surface area contributed by atoms with E-state index in [-0.39, 0.29) is 0 Å². The Bertz CT molecular complexity index is 650. The van der Waals surface area contributed by atoms with Crippen molar-refractivity contribution in [1.82, 2.24) is 24.6 Å². The second-order valence-electron chi connectivity index (χ2n) is 6.26. The number of nitrogens with one attached hydrogen (secondary N) is 1. The van der Waals surface area contributed by atoms with Crippen LogP contribution in [-0.2, 0) is 17.9 Å². The lowest BCUT2D eigenvalue weighted by Crippen LogP contribution is -2.32. The van der Waals surface area contributed by atoms with Gasteiger partial charge in [0, 0.05) is 31.6 Å². The topological polar surface area (TPSA) is 68.1 Å². The maximum absolute atomic E-state index is 5.11. The molecule has 0 bridgehead atoms. The highest BCUT2D eigenvalue weighted by atomic mass is 16.5. The van der Waals surface area contributed by atoms with Crippen LogP contribution >= 0.6 is 0 Å². The lowest BCUT2D eigenvalue weighted by molar-refractivity contribution is 0.177. The molecule has 3 heterocycles. The number of anilines is 2. The van der Waals surface area contributed by atoms with Gasteiger partial charge in [0.2, 0.25) is 0 Å². The Labute approximate surface area is 143 Å². The molecule has 1 aliphatic rings. The lowest BCUT2D eigenvalue weighted by Gasteiger charge is -2.26. The van der Waals surface area contributed by atoms with Crippen LogP contribution in [0.1, 0.15) is 30.8 Å².